The van der Waals surface area contributed by atoms with Crippen molar-refractivity contribution in [2.75, 3.05) is 0 Å². The van der Waals surface area contributed by atoms with Gasteiger partial charge in [0.15, 0.2) is 0 Å². The predicted octanol–water partition coefficient (Wildman–Crippen LogP) is 3.96. The SMILES string of the molecule is NC(Cc1nc2ccccc2s1)c1c(F)cc(F)cc1F. The number of hydrogen-bond donors (Lipinski definition) is 1. The fourth-order valence-electron chi connectivity index (χ4n) is 2.21. The Morgan fingerprint density at radius 3 is 2.43 bits per heavy atom. The van der Waals surface area contributed by atoms with Crippen LogP contribution < -0.4 is 5.73 Å². The van der Waals surface area contributed by atoms with Crippen molar-refractivity contribution in [2.24, 2.45) is 5.73 Å². The Hall–Kier alpha value is -1.92. The maximum absolute atomic E-state index is 13.7. The molecule has 1 atom stereocenters. The molecular weight excluding hydrogens is 297 g/mol. The molecule has 1 aromatic heterocycles. The highest BCUT2D eigenvalue weighted by Crippen LogP contribution is 2.27. The predicted molar refractivity (Wildman–Crippen MR) is 76.6 cm³/mol. The number of thiazole rings is 1. The van der Waals surface area contributed by atoms with E-state index in [-0.39, 0.29) is 12.0 Å². The van der Waals surface area contributed by atoms with E-state index in [0.29, 0.717) is 17.1 Å². The summed E-state index contributed by atoms with van der Waals surface area (Å²) in [6.07, 6.45) is 0.193. The first-order valence-electron chi connectivity index (χ1n) is 6.29. The van der Waals surface area contributed by atoms with E-state index >= 15 is 0 Å². The molecule has 2 N–H and O–H groups in total. The number of hydrogen-bond acceptors (Lipinski definition) is 3. The van der Waals surface area contributed by atoms with Crippen molar-refractivity contribution in [1.82, 2.24) is 4.98 Å². The van der Waals surface area contributed by atoms with Gasteiger partial charge in [0.05, 0.1) is 15.2 Å². The van der Waals surface area contributed by atoms with Crippen LogP contribution in [-0.2, 0) is 6.42 Å². The van der Waals surface area contributed by atoms with Crippen molar-refractivity contribution in [2.45, 2.75) is 12.5 Å². The molecule has 1 heterocycles. The molecule has 3 aromatic rings. The summed E-state index contributed by atoms with van der Waals surface area (Å²) in [7, 11) is 0. The number of halogens is 3. The van der Waals surface area contributed by atoms with Crippen molar-refractivity contribution < 1.29 is 13.2 Å². The summed E-state index contributed by atoms with van der Waals surface area (Å²) >= 11 is 1.43. The molecule has 0 amide bonds. The molecule has 3 rings (SSSR count). The van der Waals surface area contributed by atoms with Crippen LogP contribution in [0.2, 0.25) is 0 Å². The number of benzene rings is 2. The monoisotopic (exact) mass is 308 g/mol. The van der Waals surface area contributed by atoms with Crippen molar-refractivity contribution in [3.63, 3.8) is 0 Å². The van der Waals surface area contributed by atoms with Gasteiger partial charge in [0, 0.05) is 30.2 Å². The van der Waals surface area contributed by atoms with Crippen LogP contribution in [0.5, 0.6) is 0 Å². The Morgan fingerprint density at radius 2 is 1.76 bits per heavy atom. The standard InChI is InChI=1S/C15H11F3N2S/c16-8-5-9(17)15(10(18)6-8)11(19)7-14-20-12-3-1-2-4-13(12)21-14/h1-6,11H,7,19H2. The van der Waals surface area contributed by atoms with E-state index in [0.717, 1.165) is 10.2 Å². The first kappa shape index (κ1) is 14.0. The van der Waals surface area contributed by atoms with Gasteiger partial charge in [0.25, 0.3) is 0 Å². The zero-order valence-electron chi connectivity index (χ0n) is 10.8. The molecule has 0 aliphatic heterocycles. The van der Waals surface area contributed by atoms with Crippen LogP contribution >= 0.6 is 11.3 Å². The normalized spacial score (nSPS) is 12.8. The van der Waals surface area contributed by atoms with Gasteiger partial charge in [-0.2, -0.15) is 0 Å². The Balaban J connectivity index is 1.91. The highest BCUT2D eigenvalue weighted by molar-refractivity contribution is 7.18. The van der Waals surface area contributed by atoms with Crippen molar-refractivity contribution in [3.05, 3.63) is 64.4 Å². The van der Waals surface area contributed by atoms with Crippen molar-refractivity contribution in [3.8, 4) is 0 Å². The second-order valence-corrected chi connectivity index (χ2v) is 5.78. The van der Waals surface area contributed by atoms with Gasteiger partial charge in [0.2, 0.25) is 0 Å². The summed E-state index contributed by atoms with van der Waals surface area (Å²) in [6, 6.07) is 7.90. The lowest BCUT2D eigenvalue weighted by molar-refractivity contribution is 0.501. The van der Waals surface area contributed by atoms with Crippen LogP contribution in [0.15, 0.2) is 36.4 Å². The average Bonchev–Trinajstić information content (AvgIpc) is 2.79. The summed E-state index contributed by atoms with van der Waals surface area (Å²) < 4.78 is 41.3. The maximum Gasteiger partial charge on any atom is 0.133 e. The number of nitrogens with zero attached hydrogens (tertiary/aromatic N) is 1. The number of nitrogens with two attached hydrogens (primary N) is 1. The molecule has 108 valence electrons. The van der Waals surface area contributed by atoms with Crippen LogP contribution in [0.1, 0.15) is 16.6 Å². The molecule has 0 bridgehead atoms. The minimum absolute atomic E-state index is 0.193. The molecule has 0 saturated carbocycles. The molecule has 1 unspecified atom stereocenters. The molecule has 6 heteroatoms. The fraction of sp³-hybridized carbons (Fsp3) is 0.133. The Kier molecular flexibility index (Phi) is 3.65. The van der Waals surface area contributed by atoms with Crippen molar-refractivity contribution in [1.29, 1.82) is 0 Å². The van der Waals surface area contributed by atoms with Crippen LogP contribution in [0, 0.1) is 17.5 Å². The minimum Gasteiger partial charge on any atom is -0.323 e. The van der Waals surface area contributed by atoms with Crippen LogP contribution in [0.25, 0.3) is 10.2 Å². The summed E-state index contributed by atoms with van der Waals surface area (Å²) in [5, 5.41) is 0.687. The molecule has 2 aromatic carbocycles. The quantitative estimate of drug-likeness (QED) is 0.795. The zero-order chi connectivity index (χ0) is 15.0. The lowest BCUT2D eigenvalue weighted by Gasteiger charge is -2.12. The third-order valence-corrected chi connectivity index (χ3v) is 4.21. The van der Waals surface area contributed by atoms with E-state index < -0.39 is 23.5 Å². The fourth-order valence-corrected chi connectivity index (χ4v) is 3.23. The molecule has 21 heavy (non-hydrogen) atoms. The van der Waals surface area contributed by atoms with Crippen LogP contribution in [0.4, 0.5) is 13.2 Å². The lowest BCUT2D eigenvalue weighted by atomic mass is 10.0. The number of fused-ring (bicyclic) bond motifs is 1. The highest BCUT2D eigenvalue weighted by atomic mass is 32.1. The molecular formula is C15H11F3N2S. The van der Waals surface area contributed by atoms with Crippen LogP contribution in [0.3, 0.4) is 0 Å². The van der Waals surface area contributed by atoms with E-state index in [1.807, 2.05) is 24.3 Å². The number of aromatic nitrogens is 1. The summed E-state index contributed by atoms with van der Waals surface area (Å²) in [4.78, 5) is 4.37. The van der Waals surface area contributed by atoms with Gasteiger partial charge >= 0.3 is 0 Å². The highest BCUT2D eigenvalue weighted by Gasteiger charge is 2.20. The summed E-state index contributed by atoms with van der Waals surface area (Å²) in [5.41, 5.74) is 6.38. The molecule has 0 spiro atoms. The molecule has 0 saturated heterocycles. The smallest absolute Gasteiger partial charge is 0.133 e. The van der Waals surface area contributed by atoms with Gasteiger partial charge in [-0.3, -0.25) is 0 Å². The van der Waals surface area contributed by atoms with E-state index in [4.69, 9.17) is 5.73 Å². The van der Waals surface area contributed by atoms with E-state index in [1.165, 1.54) is 11.3 Å². The van der Waals surface area contributed by atoms with Crippen molar-refractivity contribution >= 4 is 21.6 Å². The van der Waals surface area contributed by atoms with Gasteiger partial charge in [-0.1, -0.05) is 12.1 Å². The zero-order valence-corrected chi connectivity index (χ0v) is 11.6. The number of para-hydroxylation sites is 1. The third kappa shape index (κ3) is 2.77. The summed E-state index contributed by atoms with van der Waals surface area (Å²) in [6.45, 7) is 0. The van der Waals surface area contributed by atoms with E-state index in [2.05, 4.69) is 4.98 Å². The van der Waals surface area contributed by atoms with Crippen LogP contribution in [-0.4, -0.2) is 4.98 Å². The van der Waals surface area contributed by atoms with E-state index in [9.17, 15) is 13.2 Å². The summed E-state index contributed by atoms with van der Waals surface area (Å²) in [5.74, 6) is -2.90. The van der Waals surface area contributed by atoms with Gasteiger partial charge in [-0.25, -0.2) is 18.2 Å². The average molecular weight is 308 g/mol. The first-order valence-corrected chi connectivity index (χ1v) is 7.10. The topological polar surface area (TPSA) is 38.9 Å². The molecule has 0 aliphatic rings. The maximum atomic E-state index is 13.7. The molecule has 0 fully saturated rings. The van der Waals surface area contributed by atoms with Gasteiger partial charge in [-0.15, -0.1) is 11.3 Å². The number of rotatable bonds is 3. The Labute approximate surface area is 123 Å². The third-order valence-electron chi connectivity index (χ3n) is 3.15. The Morgan fingerprint density at radius 1 is 1.10 bits per heavy atom. The molecule has 0 radical (unpaired) electrons. The second-order valence-electron chi connectivity index (χ2n) is 4.67. The van der Waals surface area contributed by atoms with Gasteiger partial charge in [-0.05, 0) is 12.1 Å². The van der Waals surface area contributed by atoms with E-state index in [1.54, 1.807) is 0 Å². The molecule has 0 aliphatic carbocycles. The lowest BCUT2D eigenvalue weighted by Crippen LogP contribution is -2.17. The first-order chi connectivity index (χ1) is 10.0. The second kappa shape index (κ2) is 5.46. The largest absolute Gasteiger partial charge is 0.323 e. The van der Waals surface area contributed by atoms with Gasteiger partial charge < -0.3 is 5.73 Å². The Bertz CT molecular complexity index is 744. The molecule has 2 nitrogen and oxygen atoms in total. The minimum atomic E-state index is -0.971. The van der Waals surface area contributed by atoms with Gasteiger partial charge in [0.1, 0.15) is 17.5 Å².